The third-order valence-electron chi connectivity index (χ3n) is 2.73. The fourth-order valence-electron chi connectivity index (χ4n) is 1.80. The second kappa shape index (κ2) is 5.38. The predicted octanol–water partition coefficient (Wildman–Crippen LogP) is 2.50. The number of rotatable bonds is 3. The molecule has 5 heteroatoms. The summed E-state index contributed by atoms with van der Waals surface area (Å²) in [5, 5.41) is 6.34. The molecule has 1 aromatic carbocycles. The molecule has 1 unspecified atom stereocenters. The van der Waals surface area contributed by atoms with E-state index in [9.17, 15) is 4.79 Å². The molecule has 92 valence electrons. The molecule has 1 atom stereocenters. The van der Waals surface area contributed by atoms with E-state index >= 15 is 0 Å². The van der Waals surface area contributed by atoms with Crippen LogP contribution in [-0.2, 0) is 9.53 Å². The van der Waals surface area contributed by atoms with Gasteiger partial charge >= 0.3 is 0 Å². The molecule has 1 aromatic rings. The van der Waals surface area contributed by atoms with Gasteiger partial charge in [0.15, 0.2) is 0 Å². The summed E-state index contributed by atoms with van der Waals surface area (Å²) in [7, 11) is 1.80. The first kappa shape index (κ1) is 12.2. The van der Waals surface area contributed by atoms with Gasteiger partial charge in [-0.1, -0.05) is 11.6 Å². The minimum absolute atomic E-state index is 0.101. The Labute approximate surface area is 105 Å². The van der Waals surface area contributed by atoms with Gasteiger partial charge in [0, 0.05) is 19.3 Å². The number of carbonyl (C=O) groups is 1. The molecule has 1 amide bonds. The highest BCUT2D eigenvalue weighted by Crippen LogP contribution is 2.25. The number of benzene rings is 1. The summed E-state index contributed by atoms with van der Waals surface area (Å²) < 4.78 is 5.30. The summed E-state index contributed by atoms with van der Waals surface area (Å²) in [6.07, 6.45) is 1.41. The molecule has 0 aromatic heterocycles. The van der Waals surface area contributed by atoms with Crippen molar-refractivity contribution in [2.24, 2.45) is 0 Å². The van der Waals surface area contributed by atoms with E-state index in [4.69, 9.17) is 16.3 Å². The molecule has 0 radical (unpaired) electrons. The third-order valence-corrected chi connectivity index (χ3v) is 3.04. The van der Waals surface area contributed by atoms with Crippen molar-refractivity contribution in [3.63, 3.8) is 0 Å². The molecule has 1 heterocycles. The molecule has 1 aliphatic rings. The van der Waals surface area contributed by atoms with Crippen molar-refractivity contribution in [2.75, 3.05) is 24.3 Å². The minimum atomic E-state index is -0.322. The number of halogens is 1. The average molecular weight is 255 g/mol. The van der Waals surface area contributed by atoms with Gasteiger partial charge in [-0.2, -0.15) is 0 Å². The molecule has 4 nitrogen and oxygen atoms in total. The molecule has 1 aliphatic heterocycles. The fraction of sp³-hybridized carbons (Fsp3) is 0.417. The lowest BCUT2D eigenvalue weighted by Crippen LogP contribution is -2.26. The Morgan fingerprint density at radius 2 is 2.35 bits per heavy atom. The Bertz CT molecular complexity index is 417. The van der Waals surface area contributed by atoms with Crippen LogP contribution in [0.2, 0.25) is 5.02 Å². The van der Waals surface area contributed by atoms with Gasteiger partial charge in [-0.15, -0.1) is 0 Å². The van der Waals surface area contributed by atoms with Crippen LogP contribution in [0.1, 0.15) is 12.8 Å². The number of anilines is 2. The summed E-state index contributed by atoms with van der Waals surface area (Å²) in [5.41, 5.74) is 1.52. The zero-order chi connectivity index (χ0) is 12.3. The SMILES string of the molecule is CNc1ccc(NC(=O)C2CCCO2)cc1Cl. The summed E-state index contributed by atoms with van der Waals surface area (Å²) in [6.45, 7) is 0.664. The van der Waals surface area contributed by atoms with Crippen molar-refractivity contribution >= 4 is 28.9 Å². The second-order valence-electron chi connectivity index (χ2n) is 3.94. The highest BCUT2D eigenvalue weighted by Gasteiger charge is 2.23. The van der Waals surface area contributed by atoms with Gasteiger partial charge < -0.3 is 15.4 Å². The van der Waals surface area contributed by atoms with Crippen molar-refractivity contribution in [1.82, 2.24) is 0 Å². The number of hydrogen-bond donors (Lipinski definition) is 2. The molecule has 2 rings (SSSR count). The molecule has 1 fully saturated rings. The minimum Gasteiger partial charge on any atom is -0.387 e. The van der Waals surface area contributed by atoms with Crippen LogP contribution in [0.25, 0.3) is 0 Å². The van der Waals surface area contributed by atoms with Crippen LogP contribution in [0.4, 0.5) is 11.4 Å². The molecule has 17 heavy (non-hydrogen) atoms. The van der Waals surface area contributed by atoms with Gasteiger partial charge in [-0.3, -0.25) is 4.79 Å². The molecular weight excluding hydrogens is 240 g/mol. The number of nitrogens with one attached hydrogen (secondary N) is 2. The first-order chi connectivity index (χ1) is 8.20. The Kier molecular flexibility index (Phi) is 3.86. The lowest BCUT2D eigenvalue weighted by molar-refractivity contribution is -0.124. The first-order valence-corrected chi connectivity index (χ1v) is 5.98. The first-order valence-electron chi connectivity index (χ1n) is 5.60. The highest BCUT2D eigenvalue weighted by molar-refractivity contribution is 6.33. The van der Waals surface area contributed by atoms with Crippen LogP contribution < -0.4 is 10.6 Å². The normalized spacial score (nSPS) is 19.1. The van der Waals surface area contributed by atoms with E-state index in [2.05, 4.69) is 10.6 Å². The Morgan fingerprint density at radius 1 is 1.53 bits per heavy atom. The summed E-state index contributed by atoms with van der Waals surface area (Å²) >= 11 is 6.03. The number of hydrogen-bond acceptors (Lipinski definition) is 3. The van der Waals surface area contributed by atoms with E-state index in [1.54, 1.807) is 13.1 Å². The van der Waals surface area contributed by atoms with Crippen molar-refractivity contribution < 1.29 is 9.53 Å². The van der Waals surface area contributed by atoms with E-state index in [1.165, 1.54) is 0 Å². The summed E-state index contributed by atoms with van der Waals surface area (Å²) in [5.74, 6) is -0.101. The summed E-state index contributed by atoms with van der Waals surface area (Å²) in [4.78, 5) is 11.8. The van der Waals surface area contributed by atoms with Crippen molar-refractivity contribution in [2.45, 2.75) is 18.9 Å². The van der Waals surface area contributed by atoms with Gasteiger partial charge in [-0.25, -0.2) is 0 Å². The van der Waals surface area contributed by atoms with Crippen LogP contribution in [0.15, 0.2) is 18.2 Å². The number of ether oxygens (including phenoxy) is 1. The van der Waals surface area contributed by atoms with Gasteiger partial charge in [0.25, 0.3) is 5.91 Å². The Morgan fingerprint density at radius 3 is 2.94 bits per heavy atom. The molecule has 2 N–H and O–H groups in total. The fourth-order valence-corrected chi connectivity index (χ4v) is 2.08. The van der Waals surface area contributed by atoms with Crippen molar-refractivity contribution in [3.8, 4) is 0 Å². The molecular formula is C12H15ClN2O2. The van der Waals surface area contributed by atoms with E-state index in [0.717, 1.165) is 18.5 Å². The molecule has 0 saturated carbocycles. The maximum absolute atomic E-state index is 11.8. The molecule has 1 saturated heterocycles. The zero-order valence-corrected chi connectivity index (χ0v) is 10.4. The smallest absolute Gasteiger partial charge is 0.253 e. The van der Waals surface area contributed by atoms with Crippen LogP contribution in [0.5, 0.6) is 0 Å². The lowest BCUT2D eigenvalue weighted by atomic mass is 10.2. The zero-order valence-electron chi connectivity index (χ0n) is 9.63. The lowest BCUT2D eigenvalue weighted by Gasteiger charge is -2.11. The Hall–Kier alpha value is -1.26. The van der Waals surface area contributed by atoms with E-state index in [0.29, 0.717) is 17.3 Å². The van der Waals surface area contributed by atoms with Gasteiger partial charge in [0.05, 0.1) is 10.7 Å². The summed E-state index contributed by atoms with van der Waals surface area (Å²) in [6, 6.07) is 5.36. The molecule has 0 aliphatic carbocycles. The Balaban J connectivity index is 2.03. The third kappa shape index (κ3) is 2.90. The van der Waals surface area contributed by atoms with Gasteiger partial charge in [0.1, 0.15) is 6.10 Å². The maximum Gasteiger partial charge on any atom is 0.253 e. The van der Waals surface area contributed by atoms with Crippen LogP contribution >= 0.6 is 11.6 Å². The standard InChI is InChI=1S/C12H15ClN2O2/c1-14-10-5-4-8(7-9(10)13)15-12(16)11-3-2-6-17-11/h4-5,7,11,14H,2-3,6H2,1H3,(H,15,16). The predicted molar refractivity (Wildman–Crippen MR) is 68.6 cm³/mol. The van der Waals surface area contributed by atoms with Gasteiger partial charge in [-0.05, 0) is 31.0 Å². The van der Waals surface area contributed by atoms with Crippen LogP contribution in [-0.4, -0.2) is 25.7 Å². The highest BCUT2D eigenvalue weighted by atomic mass is 35.5. The topological polar surface area (TPSA) is 50.4 Å². The average Bonchev–Trinajstić information content (AvgIpc) is 2.82. The maximum atomic E-state index is 11.8. The number of amides is 1. The second-order valence-corrected chi connectivity index (χ2v) is 4.34. The van der Waals surface area contributed by atoms with Gasteiger partial charge in [0.2, 0.25) is 0 Å². The van der Waals surface area contributed by atoms with Crippen molar-refractivity contribution in [1.29, 1.82) is 0 Å². The molecule has 0 spiro atoms. The van der Waals surface area contributed by atoms with Crippen molar-refractivity contribution in [3.05, 3.63) is 23.2 Å². The molecule has 0 bridgehead atoms. The van der Waals surface area contributed by atoms with Crippen LogP contribution in [0, 0.1) is 0 Å². The van der Waals surface area contributed by atoms with E-state index in [-0.39, 0.29) is 12.0 Å². The number of carbonyl (C=O) groups excluding carboxylic acids is 1. The van der Waals surface area contributed by atoms with E-state index in [1.807, 2.05) is 12.1 Å². The quantitative estimate of drug-likeness (QED) is 0.871. The largest absolute Gasteiger partial charge is 0.387 e. The van der Waals surface area contributed by atoms with Crippen LogP contribution in [0.3, 0.4) is 0 Å². The monoisotopic (exact) mass is 254 g/mol. The van der Waals surface area contributed by atoms with E-state index < -0.39 is 0 Å².